The molecule has 0 saturated carbocycles. The Hall–Kier alpha value is -0.850. The van der Waals surface area contributed by atoms with Crippen molar-refractivity contribution in [2.75, 3.05) is 7.05 Å². The van der Waals surface area contributed by atoms with E-state index in [2.05, 4.69) is 13.2 Å². The predicted molar refractivity (Wildman–Crippen MR) is 37.3 cm³/mol. The van der Waals surface area contributed by atoms with E-state index < -0.39 is 0 Å². The maximum Gasteiger partial charge on any atom is 0.177 e. The molecule has 0 aromatic rings. The van der Waals surface area contributed by atoms with Gasteiger partial charge >= 0.3 is 0 Å². The van der Waals surface area contributed by atoms with Gasteiger partial charge in [0.15, 0.2) is 11.9 Å². The fourth-order valence-electron chi connectivity index (χ4n) is 0.288. The molecule has 0 aliphatic heterocycles. The van der Waals surface area contributed by atoms with Crippen molar-refractivity contribution in [3.8, 4) is 0 Å². The van der Waals surface area contributed by atoms with E-state index in [4.69, 9.17) is 0 Å². The molecule has 8 heavy (non-hydrogen) atoms. The summed E-state index contributed by atoms with van der Waals surface area (Å²) in [5.74, 6) is 0. The maximum absolute atomic E-state index is 3.60. The first-order valence-corrected chi connectivity index (χ1v) is 2.53. The summed E-state index contributed by atoms with van der Waals surface area (Å²) in [6.45, 7) is 9.17. The van der Waals surface area contributed by atoms with Gasteiger partial charge in [-0.05, 0) is 12.7 Å². The standard InChI is InChI=1S/C7H12N/c1-5-7(3)8(4)6-2/h5-6H,1-2H2,3-4H3/q+1. The average molecular weight is 110 g/mol. The SMILES string of the molecule is C=CC(C)=[N+](C)C=C. The van der Waals surface area contributed by atoms with Gasteiger partial charge in [-0.25, -0.2) is 4.58 Å². The van der Waals surface area contributed by atoms with E-state index in [9.17, 15) is 0 Å². The lowest BCUT2D eigenvalue weighted by atomic mass is 10.4. The van der Waals surface area contributed by atoms with Gasteiger partial charge in [0.05, 0.1) is 0 Å². The molecule has 0 aliphatic carbocycles. The summed E-state index contributed by atoms with van der Waals surface area (Å²) in [6.07, 6.45) is 3.54. The fourth-order valence-corrected chi connectivity index (χ4v) is 0.288. The molecule has 44 valence electrons. The molecule has 0 aromatic carbocycles. The molecule has 1 nitrogen and oxygen atoms in total. The lowest BCUT2D eigenvalue weighted by Crippen LogP contribution is -2.03. The van der Waals surface area contributed by atoms with Gasteiger partial charge < -0.3 is 0 Å². The van der Waals surface area contributed by atoms with E-state index in [1.807, 2.05) is 18.5 Å². The highest BCUT2D eigenvalue weighted by Gasteiger charge is 1.90. The Labute approximate surface area is 50.7 Å². The van der Waals surface area contributed by atoms with Crippen molar-refractivity contribution in [2.24, 2.45) is 0 Å². The van der Waals surface area contributed by atoms with Crippen molar-refractivity contribution in [1.82, 2.24) is 0 Å². The van der Waals surface area contributed by atoms with E-state index >= 15 is 0 Å². The van der Waals surface area contributed by atoms with Gasteiger partial charge in [0.2, 0.25) is 0 Å². The van der Waals surface area contributed by atoms with E-state index in [0.717, 1.165) is 5.71 Å². The minimum absolute atomic E-state index is 1.11. The molecule has 1 heteroatoms. The van der Waals surface area contributed by atoms with E-state index in [0.29, 0.717) is 0 Å². The fraction of sp³-hybridized carbons (Fsp3) is 0.286. The van der Waals surface area contributed by atoms with Gasteiger partial charge in [0.25, 0.3) is 0 Å². The molecular weight excluding hydrogens is 98.1 g/mol. The molecule has 0 aromatic heterocycles. The van der Waals surface area contributed by atoms with Crippen LogP contribution in [0.5, 0.6) is 0 Å². The van der Waals surface area contributed by atoms with Crippen LogP contribution in [0.1, 0.15) is 6.92 Å². The van der Waals surface area contributed by atoms with Crippen molar-refractivity contribution < 1.29 is 4.58 Å². The van der Waals surface area contributed by atoms with Gasteiger partial charge in [0.1, 0.15) is 7.05 Å². The molecule has 0 radical (unpaired) electrons. The van der Waals surface area contributed by atoms with E-state index in [1.165, 1.54) is 0 Å². The zero-order valence-corrected chi connectivity index (χ0v) is 5.52. The van der Waals surface area contributed by atoms with Crippen LogP contribution < -0.4 is 0 Å². The molecule has 0 bridgehead atoms. The summed E-state index contributed by atoms with van der Waals surface area (Å²) < 4.78 is 1.91. The molecule has 0 saturated heterocycles. The highest BCUT2D eigenvalue weighted by Crippen LogP contribution is 1.75. The summed E-state index contributed by atoms with van der Waals surface area (Å²) in [5, 5.41) is 0. The van der Waals surface area contributed by atoms with Crippen molar-refractivity contribution in [3.05, 3.63) is 25.4 Å². The van der Waals surface area contributed by atoms with Crippen LogP contribution >= 0.6 is 0 Å². The highest BCUT2D eigenvalue weighted by molar-refractivity contribution is 5.87. The van der Waals surface area contributed by atoms with E-state index in [1.54, 1.807) is 12.3 Å². The minimum Gasteiger partial charge on any atom is -0.206 e. The molecule has 0 amide bonds. The molecule has 0 fully saturated rings. The summed E-state index contributed by atoms with van der Waals surface area (Å²) in [5.41, 5.74) is 1.11. The summed E-state index contributed by atoms with van der Waals surface area (Å²) in [4.78, 5) is 0. The van der Waals surface area contributed by atoms with Gasteiger partial charge in [-0.15, -0.1) is 0 Å². The van der Waals surface area contributed by atoms with Crippen molar-refractivity contribution in [1.29, 1.82) is 0 Å². The van der Waals surface area contributed by atoms with Gasteiger partial charge in [-0.3, -0.25) is 0 Å². The van der Waals surface area contributed by atoms with Crippen LogP contribution in [0, 0.1) is 0 Å². The Morgan fingerprint density at radius 3 is 2.12 bits per heavy atom. The molecule has 0 heterocycles. The largest absolute Gasteiger partial charge is 0.206 e. The van der Waals surface area contributed by atoms with Crippen LogP contribution in [-0.2, 0) is 0 Å². The monoisotopic (exact) mass is 110 g/mol. The first kappa shape index (κ1) is 7.15. The highest BCUT2D eigenvalue weighted by atomic mass is 14.9. The first-order chi connectivity index (χ1) is 3.72. The molecule has 0 atom stereocenters. The zero-order chi connectivity index (χ0) is 6.57. The molecule has 0 aliphatic rings. The van der Waals surface area contributed by atoms with Crippen LogP contribution in [0.3, 0.4) is 0 Å². The Morgan fingerprint density at radius 2 is 2.00 bits per heavy atom. The number of hydrogen-bond donors (Lipinski definition) is 0. The topological polar surface area (TPSA) is 3.01 Å². The second kappa shape index (κ2) is 3.19. The maximum atomic E-state index is 3.60. The van der Waals surface area contributed by atoms with Crippen molar-refractivity contribution in [3.63, 3.8) is 0 Å². The molecular formula is C7H12N+. The number of allylic oxidation sites excluding steroid dienone is 1. The van der Waals surface area contributed by atoms with Crippen LogP contribution in [0.25, 0.3) is 0 Å². The lowest BCUT2D eigenvalue weighted by molar-refractivity contribution is -0.421. The third kappa shape index (κ3) is 1.73. The third-order valence-electron chi connectivity index (χ3n) is 1.13. The summed E-state index contributed by atoms with van der Waals surface area (Å²) in [7, 11) is 1.93. The van der Waals surface area contributed by atoms with E-state index in [-0.39, 0.29) is 0 Å². The Bertz CT molecular complexity index is 115. The minimum atomic E-state index is 1.11. The predicted octanol–water partition coefficient (Wildman–Crippen LogP) is 1.42. The summed E-state index contributed by atoms with van der Waals surface area (Å²) >= 11 is 0. The molecule has 0 N–H and O–H groups in total. The Balaban J connectivity index is 4.25. The second-order valence-electron chi connectivity index (χ2n) is 1.64. The van der Waals surface area contributed by atoms with Gasteiger partial charge in [-0.1, -0.05) is 6.58 Å². The van der Waals surface area contributed by atoms with Crippen molar-refractivity contribution >= 4 is 5.71 Å². The third-order valence-corrected chi connectivity index (χ3v) is 1.13. The number of hydrogen-bond acceptors (Lipinski definition) is 0. The van der Waals surface area contributed by atoms with Crippen molar-refractivity contribution in [2.45, 2.75) is 6.92 Å². The summed E-state index contributed by atoms with van der Waals surface area (Å²) in [6, 6.07) is 0. The first-order valence-electron chi connectivity index (χ1n) is 2.53. The van der Waals surface area contributed by atoms with Crippen LogP contribution in [0.4, 0.5) is 0 Å². The number of nitrogens with zero attached hydrogens (tertiary/aromatic N) is 1. The molecule has 0 spiro atoms. The molecule has 0 rings (SSSR count). The smallest absolute Gasteiger partial charge is 0.177 e. The molecule has 0 unspecified atom stereocenters. The van der Waals surface area contributed by atoms with Crippen LogP contribution in [-0.4, -0.2) is 17.3 Å². The van der Waals surface area contributed by atoms with Gasteiger partial charge in [-0.2, -0.15) is 0 Å². The number of rotatable bonds is 2. The zero-order valence-electron chi connectivity index (χ0n) is 5.52. The van der Waals surface area contributed by atoms with Crippen LogP contribution in [0.2, 0.25) is 0 Å². The normalized spacial score (nSPS) is 12.2. The second-order valence-corrected chi connectivity index (χ2v) is 1.64. The lowest BCUT2D eigenvalue weighted by Gasteiger charge is -1.86. The Kier molecular flexibility index (Phi) is 2.85. The Morgan fingerprint density at radius 1 is 1.50 bits per heavy atom. The van der Waals surface area contributed by atoms with Crippen LogP contribution in [0.15, 0.2) is 25.4 Å². The average Bonchev–Trinajstić information content (AvgIpc) is 1.84. The van der Waals surface area contributed by atoms with Gasteiger partial charge in [0, 0.05) is 6.92 Å². The quantitative estimate of drug-likeness (QED) is 0.373.